The third-order valence-corrected chi connectivity index (χ3v) is 5.42. The van der Waals surface area contributed by atoms with E-state index in [2.05, 4.69) is 16.7 Å². The van der Waals surface area contributed by atoms with Gasteiger partial charge in [-0.3, -0.25) is 0 Å². The van der Waals surface area contributed by atoms with Crippen molar-refractivity contribution in [3.63, 3.8) is 0 Å². The van der Waals surface area contributed by atoms with Gasteiger partial charge in [0.1, 0.15) is 0 Å². The van der Waals surface area contributed by atoms with E-state index in [1.165, 1.54) is 72.3 Å². The van der Waals surface area contributed by atoms with Gasteiger partial charge in [-0.1, -0.05) is 19.8 Å². The Labute approximate surface area is 174 Å². The van der Waals surface area contributed by atoms with E-state index < -0.39 is 5.97 Å². The Morgan fingerprint density at radius 2 is 1.76 bits per heavy atom. The highest BCUT2D eigenvalue weighted by Crippen LogP contribution is 2.38. The standard InChI is InChI=1S/C22H36N2O5/c1-4-23-11-9-12-24(14-13-23)10-7-5-6-8-15-29-20-17-18(22(26)28-3)16-19(25)21(20)27-2/h16-17,25H,4-15H2,1-3H3. The number of phenolic OH excluding ortho intramolecular Hbond substituents is 1. The van der Waals surface area contributed by atoms with Crippen LogP contribution in [0.2, 0.25) is 0 Å². The SMILES string of the molecule is CCN1CCCN(CCCCCCOc2cc(C(=O)OC)cc(O)c2OC)CC1. The third kappa shape index (κ3) is 7.40. The second kappa shape index (κ2) is 12.5. The molecule has 164 valence electrons. The van der Waals surface area contributed by atoms with Gasteiger partial charge < -0.3 is 29.1 Å². The fourth-order valence-corrected chi connectivity index (χ4v) is 3.67. The minimum atomic E-state index is -0.525. The molecule has 0 bridgehead atoms. The summed E-state index contributed by atoms with van der Waals surface area (Å²) in [5.74, 6) is -0.0641. The lowest BCUT2D eigenvalue weighted by Crippen LogP contribution is -2.31. The molecule has 1 heterocycles. The van der Waals surface area contributed by atoms with Gasteiger partial charge in [-0.15, -0.1) is 0 Å². The monoisotopic (exact) mass is 408 g/mol. The molecule has 7 heteroatoms. The molecule has 1 fully saturated rings. The molecule has 1 N–H and O–H groups in total. The number of likely N-dealkylation sites (N-methyl/N-ethyl adjacent to an activating group) is 1. The molecule has 1 aromatic carbocycles. The van der Waals surface area contributed by atoms with E-state index >= 15 is 0 Å². The van der Waals surface area contributed by atoms with E-state index in [0.29, 0.717) is 12.4 Å². The number of carbonyl (C=O) groups is 1. The van der Waals surface area contributed by atoms with Crippen molar-refractivity contribution < 1.29 is 24.1 Å². The van der Waals surface area contributed by atoms with E-state index in [9.17, 15) is 9.90 Å². The Balaban J connectivity index is 1.68. The topological polar surface area (TPSA) is 71.5 Å². The number of hydrogen-bond acceptors (Lipinski definition) is 7. The van der Waals surface area contributed by atoms with Crippen molar-refractivity contribution in [2.75, 3.05) is 60.1 Å². The van der Waals surface area contributed by atoms with E-state index in [0.717, 1.165) is 19.4 Å². The van der Waals surface area contributed by atoms with Crippen LogP contribution in [0.1, 0.15) is 49.4 Å². The summed E-state index contributed by atoms with van der Waals surface area (Å²) < 4.78 is 15.7. The number of methoxy groups -OCH3 is 2. The maximum absolute atomic E-state index is 11.7. The van der Waals surface area contributed by atoms with Gasteiger partial charge in [0.15, 0.2) is 11.5 Å². The van der Waals surface area contributed by atoms with Crippen LogP contribution in [0.15, 0.2) is 12.1 Å². The minimum absolute atomic E-state index is 0.135. The highest BCUT2D eigenvalue weighted by molar-refractivity contribution is 5.91. The summed E-state index contributed by atoms with van der Waals surface area (Å²) in [6.07, 6.45) is 5.63. The molecule has 1 aliphatic heterocycles. The number of aromatic hydroxyl groups is 1. The predicted molar refractivity (Wildman–Crippen MR) is 113 cm³/mol. The normalized spacial score (nSPS) is 15.7. The number of hydrogen-bond donors (Lipinski definition) is 1. The van der Waals surface area contributed by atoms with Gasteiger partial charge in [0.25, 0.3) is 0 Å². The highest BCUT2D eigenvalue weighted by atomic mass is 16.5. The average molecular weight is 409 g/mol. The van der Waals surface area contributed by atoms with Gasteiger partial charge in [-0.05, 0) is 57.6 Å². The van der Waals surface area contributed by atoms with Crippen LogP contribution in [-0.4, -0.2) is 81.0 Å². The van der Waals surface area contributed by atoms with Gasteiger partial charge in [-0.2, -0.15) is 0 Å². The smallest absolute Gasteiger partial charge is 0.338 e. The first-order valence-electron chi connectivity index (χ1n) is 10.7. The van der Waals surface area contributed by atoms with Crippen LogP contribution in [0, 0.1) is 0 Å². The number of unbranched alkanes of at least 4 members (excludes halogenated alkanes) is 3. The van der Waals surface area contributed by atoms with Crippen molar-refractivity contribution in [3.8, 4) is 17.2 Å². The Morgan fingerprint density at radius 3 is 2.48 bits per heavy atom. The van der Waals surface area contributed by atoms with Crippen molar-refractivity contribution in [2.24, 2.45) is 0 Å². The number of benzene rings is 1. The molecule has 29 heavy (non-hydrogen) atoms. The largest absolute Gasteiger partial charge is 0.504 e. The summed E-state index contributed by atoms with van der Waals surface area (Å²) in [5.41, 5.74) is 0.236. The first-order chi connectivity index (χ1) is 14.1. The number of ether oxygens (including phenoxy) is 3. The Kier molecular flexibility index (Phi) is 10.1. The van der Waals surface area contributed by atoms with Crippen LogP contribution in [-0.2, 0) is 4.74 Å². The maximum atomic E-state index is 11.7. The zero-order chi connectivity index (χ0) is 21.1. The van der Waals surface area contributed by atoms with E-state index in [1.807, 2.05) is 0 Å². The van der Waals surface area contributed by atoms with Crippen LogP contribution in [0.25, 0.3) is 0 Å². The van der Waals surface area contributed by atoms with Crippen LogP contribution >= 0.6 is 0 Å². The molecule has 0 amide bonds. The van der Waals surface area contributed by atoms with E-state index in [1.54, 1.807) is 6.07 Å². The fourth-order valence-electron chi connectivity index (χ4n) is 3.67. The number of nitrogens with zero attached hydrogens (tertiary/aromatic N) is 2. The first-order valence-corrected chi connectivity index (χ1v) is 10.7. The summed E-state index contributed by atoms with van der Waals surface area (Å²) in [6.45, 7) is 9.86. The van der Waals surface area contributed by atoms with Crippen molar-refractivity contribution in [3.05, 3.63) is 17.7 Å². The lowest BCUT2D eigenvalue weighted by molar-refractivity contribution is 0.0599. The van der Waals surface area contributed by atoms with Crippen molar-refractivity contribution in [2.45, 2.75) is 39.0 Å². The molecule has 0 radical (unpaired) electrons. The molecule has 0 saturated carbocycles. The predicted octanol–water partition coefficient (Wildman–Crippen LogP) is 3.15. The molecule has 0 atom stereocenters. The summed E-state index contributed by atoms with van der Waals surface area (Å²) >= 11 is 0. The molecular weight excluding hydrogens is 372 g/mol. The minimum Gasteiger partial charge on any atom is -0.504 e. The van der Waals surface area contributed by atoms with Crippen LogP contribution in [0.4, 0.5) is 0 Å². The van der Waals surface area contributed by atoms with Gasteiger partial charge in [0.2, 0.25) is 5.75 Å². The summed E-state index contributed by atoms with van der Waals surface area (Å²) in [7, 11) is 2.76. The Hall–Kier alpha value is -1.99. The molecule has 7 nitrogen and oxygen atoms in total. The van der Waals surface area contributed by atoms with Gasteiger partial charge in [-0.25, -0.2) is 4.79 Å². The van der Waals surface area contributed by atoms with Crippen molar-refractivity contribution >= 4 is 5.97 Å². The van der Waals surface area contributed by atoms with Crippen LogP contribution < -0.4 is 9.47 Å². The van der Waals surface area contributed by atoms with E-state index in [4.69, 9.17) is 14.2 Å². The number of phenols is 1. The Morgan fingerprint density at radius 1 is 1.03 bits per heavy atom. The van der Waals surface area contributed by atoms with Gasteiger partial charge >= 0.3 is 5.97 Å². The van der Waals surface area contributed by atoms with Crippen LogP contribution in [0.3, 0.4) is 0 Å². The summed E-state index contributed by atoms with van der Waals surface area (Å²) in [6, 6.07) is 2.86. The van der Waals surface area contributed by atoms with Crippen molar-refractivity contribution in [1.82, 2.24) is 9.80 Å². The highest BCUT2D eigenvalue weighted by Gasteiger charge is 2.17. The maximum Gasteiger partial charge on any atom is 0.338 e. The van der Waals surface area contributed by atoms with Gasteiger partial charge in [0, 0.05) is 13.1 Å². The molecular formula is C22H36N2O5. The molecule has 2 rings (SSSR count). The zero-order valence-electron chi connectivity index (χ0n) is 18.1. The second-order valence-electron chi connectivity index (χ2n) is 7.41. The summed E-state index contributed by atoms with van der Waals surface area (Å²) in [5, 5.41) is 10.0. The fraction of sp³-hybridized carbons (Fsp3) is 0.682. The second-order valence-corrected chi connectivity index (χ2v) is 7.41. The summed E-state index contributed by atoms with van der Waals surface area (Å²) in [4.78, 5) is 16.8. The number of rotatable bonds is 11. The lowest BCUT2D eigenvalue weighted by atomic mass is 10.1. The Bertz CT molecular complexity index is 638. The van der Waals surface area contributed by atoms with Crippen molar-refractivity contribution in [1.29, 1.82) is 0 Å². The van der Waals surface area contributed by atoms with Gasteiger partial charge in [0.05, 0.1) is 26.4 Å². The molecule has 1 aliphatic rings. The lowest BCUT2D eigenvalue weighted by Gasteiger charge is -2.20. The molecule has 1 aromatic rings. The van der Waals surface area contributed by atoms with Crippen LogP contribution in [0.5, 0.6) is 17.2 Å². The number of carbonyl (C=O) groups excluding carboxylic acids is 1. The average Bonchev–Trinajstić information content (AvgIpc) is 2.97. The molecule has 0 unspecified atom stereocenters. The third-order valence-electron chi connectivity index (χ3n) is 5.42. The number of esters is 1. The molecule has 0 aromatic heterocycles. The first kappa shape index (κ1) is 23.3. The molecule has 0 spiro atoms. The quantitative estimate of drug-likeness (QED) is 0.445. The molecule has 1 saturated heterocycles. The van der Waals surface area contributed by atoms with E-state index in [-0.39, 0.29) is 17.1 Å². The zero-order valence-corrected chi connectivity index (χ0v) is 18.1. The molecule has 0 aliphatic carbocycles.